The number of nitrogens with one attached hydrogen (secondary N) is 1. The molecule has 0 bridgehead atoms. The van der Waals surface area contributed by atoms with E-state index in [1.165, 1.54) is 6.07 Å². The van der Waals surface area contributed by atoms with Crippen LogP contribution in [0.3, 0.4) is 0 Å². The Hall–Kier alpha value is -0.970. The molecule has 1 rings (SSSR count). The highest BCUT2D eigenvalue weighted by Gasteiger charge is 2.08. The van der Waals surface area contributed by atoms with Crippen molar-refractivity contribution in [2.45, 2.75) is 33.3 Å². The van der Waals surface area contributed by atoms with Crippen LogP contribution in [0, 0.1) is 12.7 Å². The molecule has 0 saturated carbocycles. The van der Waals surface area contributed by atoms with Gasteiger partial charge in [0, 0.05) is 13.1 Å². The number of rotatable bonds is 9. The molecule has 2 N–H and O–H groups in total. The molecule has 1 unspecified atom stereocenters. The first kappa shape index (κ1) is 17.1. The number of aliphatic hydroxyl groups excluding tert-OH is 1. The van der Waals surface area contributed by atoms with Crippen LogP contribution in [0.2, 0.25) is 0 Å². The molecule has 1 atom stereocenters. The van der Waals surface area contributed by atoms with Crippen molar-refractivity contribution in [1.82, 2.24) is 10.2 Å². The highest BCUT2D eigenvalue weighted by Crippen LogP contribution is 2.10. The van der Waals surface area contributed by atoms with Gasteiger partial charge in [0.15, 0.2) is 0 Å². The summed E-state index contributed by atoms with van der Waals surface area (Å²) in [6.45, 7) is 10.1. The fraction of sp³-hybridized carbons (Fsp3) is 0.625. The first-order valence-electron chi connectivity index (χ1n) is 7.43. The summed E-state index contributed by atoms with van der Waals surface area (Å²) in [5, 5.41) is 13.2. The zero-order valence-electron chi connectivity index (χ0n) is 12.8. The average molecular weight is 282 g/mol. The Morgan fingerprint density at radius 3 is 2.60 bits per heavy atom. The van der Waals surface area contributed by atoms with Gasteiger partial charge in [0.05, 0.1) is 6.10 Å². The van der Waals surface area contributed by atoms with E-state index in [2.05, 4.69) is 24.1 Å². The Kier molecular flexibility index (Phi) is 7.73. The lowest BCUT2D eigenvalue weighted by molar-refractivity contribution is 0.117. The quantitative estimate of drug-likeness (QED) is 0.680. The van der Waals surface area contributed by atoms with Crippen LogP contribution in [0.1, 0.15) is 25.0 Å². The van der Waals surface area contributed by atoms with Gasteiger partial charge in [-0.2, -0.15) is 0 Å². The van der Waals surface area contributed by atoms with Gasteiger partial charge in [0.1, 0.15) is 5.82 Å². The molecule has 114 valence electrons. The fourth-order valence-electron chi connectivity index (χ4n) is 2.28. The van der Waals surface area contributed by atoms with Gasteiger partial charge in [0.25, 0.3) is 0 Å². The number of nitrogens with zero attached hydrogens (tertiary/aromatic N) is 1. The van der Waals surface area contributed by atoms with Crippen LogP contribution >= 0.6 is 0 Å². The average Bonchev–Trinajstić information content (AvgIpc) is 2.42. The summed E-state index contributed by atoms with van der Waals surface area (Å²) >= 11 is 0. The van der Waals surface area contributed by atoms with Gasteiger partial charge in [-0.25, -0.2) is 4.39 Å². The summed E-state index contributed by atoms with van der Waals surface area (Å²) in [6, 6.07) is 4.89. The van der Waals surface area contributed by atoms with Crippen molar-refractivity contribution in [3.05, 3.63) is 35.1 Å². The van der Waals surface area contributed by atoms with Crippen LogP contribution in [-0.4, -0.2) is 48.8 Å². The van der Waals surface area contributed by atoms with Crippen molar-refractivity contribution in [3.8, 4) is 0 Å². The van der Waals surface area contributed by atoms with E-state index in [1.807, 2.05) is 13.0 Å². The van der Waals surface area contributed by atoms with E-state index in [4.69, 9.17) is 0 Å². The van der Waals surface area contributed by atoms with Gasteiger partial charge in [0.2, 0.25) is 0 Å². The second-order valence-corrected chi connectivity index (χ2v) is 5.16. The Balaban J connectivity index is 2.24. The highest BCUT2D eigenvalue weighted by atomic mass is 19.1. The number of benzene rings is 1. The lowest BCUT2D eigenvalue weighted by Gasteiger charge is -2.22. The van der Waals surface area contributed by atoms with E-state index >= 15 is 0 Å². The second kappa shape index (κ2) is 9.06. The molecule has 4 heteroatoms. The van der Waals surface area contributed by atoms with Crippen LogP contribution in [-0.2, 0) is 6.42 Å². The number of likely N-dealkylation sites (N-methyl/N-ethyl adjacent to an activating group) is 1. The smallest absolute Gasteiger partial charge is 0.123 e. The lowest BCUT2D eigenvalue weighted by atomic mass is 10.1. The van der Waals surface area contributed by atoms with Gasteiger partial charge >= 0.3 is 0 Å². The largest absolute Gasteiger partial charge is 0.390 e. The zero-order valence-corrected chi connectivity index (χ0v) is 12.8. The molecule has 0 aliphatic carbocycles. The van der Waals surface area contributed by atoms with Gasteiger partial charge in [-0.15, -0.1) is 0 Å². The Morgan fingerprint density at radius 1 is 1.30 bits per heavy atom. The van der Waals surface area contributed by atoms with Crippen molar-refractivity contribution in [2.24, 2.45) is 0 Å². The normalized spacial score (nSPS) is 12.9. The van der Waals surface area contributed by atoms with Crippen molar-refractivity contribution in [1.29, 1.82) is 0 Å². The molecule has 0 spiro atoms. The topological polar surface area (TPSA) is 35.5 Å². The zero-order chi connectivity index (χ0) is 15.0. The van der Waals surface area contributed by atoms with E-state index in [9.17, 15) is 9.50 Å². The maximum absolute atomic E-state index is 13.0. The first-order valence-corrected chi connectivity index (χ1v) is 7.43. The predicted octanol–water partition coefficient (Wildman–Crippen LogP) is 1.97. The maximum Gasteiger partial charge on any atom is 0.123 e. The van der Waals surface area contributed by atoms with Crippen LogP contribution in [0.15, 0.2) is 18.2 Å². The summed E-state index contributed by atoms with van der Waals surface area (Å²) < 4.78 is 13.0. The van der Waals surface area contributed by atoms with Gasteiger partial charge in [-0.3, -0.25) is 0 Å². The summed E-state index contributed by atoms with van der Waals surface area (Å²) in [5.74, 6) is -0.186. The second-order valence-electron chi connectivity index (χ2n) is 5.16. The number of aliphatic hydroxyl groups is 1. The monoisotopic (exact) mass is 282 g/mol. The van der Waals surface area contributed by atoms with Gasteiger partial charge in [-0.05, 0) is 56.2 Å². The molecule has 1 aromatic carbocycles. The van der Waals surface area contributed by atoms with Crippen molar-refractivity contribution < 1.29 is 9.50 Å². The molecule has 0 fully saturated rings. The third-order valence-corrected chi connectivity index (χ3v) is 3.62. The Bertz CT molecular complexity index is 394. The minimum Gasteiger partial charge on any atom is -0.390 e. The van der Waals surface area contributed by atoms with E-state index in [0.29, 0.717) is 13.1 Å². The Labute approximate surface area is 121 Å². The number of hydrogen-bond donors (Lipinski definition) is 2. The fourth-order valence-corrected chi connectivity index (χ4v) is 2.28. The maximum atomic E-state index is 13.0. The number of hydrogen-bond acceptors (Lipinski definition) is 3. The summed E-state index contributed by atoms with van der Waals surface area (Å²) in [7, 11) is 0. The lowest BCUT2D eigenvalue weighted by Crippen LogP contribution is -2.38. The van der Waals surface area contributed by atoms with Crippen LogP contribution < -0.4 is 5.32 Å². The minimum atomic E-state index is -0.343. The molecule has 20 heavy (non-hydrogen) atoms. The van der Waals surface area contributed by atoms with E-state index in [1.54, 1.807) is 6.07 Å². The summed E-state index contributed by atoms with van der Waals surface area (Å²) in [5.41, 5.74) is 2.13. The predicted molar refractivity (Wildman–Crippen MR) is 81.5 cm³/mol. The van der Waals surface area contributed by atoms with Crippen LogP contribution in [0.4, 0.5) is 4.39 Å². The molecule has 0 aromatic heterocycles. The minimum absolute atomic E-state index is 0.186. The first-order chi connectivity index (χ1) is 9.56. The van der Waals surface area contributed by atoms with E-state index in [-0.39, 0.29) is 11.9 Å². The molecule has 1 aromatic rings. The standard InChI is InChI=1S/C16H27FN2O/c1-4-19(5-2)12-16(20)11-18-9-8-14-6-7-15(17)10-13(14)3/h6-7,10,16,18,20H,4-5,8-9,11-12H2,1-3H3. The van der Waals surface area contributed by atoms with Crippen molar-refractivity contribution in [2.75, 3.05) is 32.7 Å². The highest BCUT2D eigenvalue weighted by molar-refractivity contribution is 5.26. The van der Waals surface area contributed by atoms with E-state index < -0.39 is 0 Å². The summed E-state index contributed by atoms with van der Waals surface area (Å²) in [4.78, 5) is 2.20. The summed E-state index contributed by atoms with van der Waals surface area (Å²) in [6.07, 6.45) is 0.508. The SMILES string of the molecule is CCN(CC)CC(O)CNCCc1ccc(F)cc1C. The van der Waals surface area contributed by atoms with E-state index in [0.717, 1.165) is 37.2 Å². The number of halogens is 1. The van der Waals surface area contributed by atoms with Crippen LogP contribution in [0.5, 0.6) is 0 Å². The molecule has 3 nitrogen and oxygen atoms in total. The Morgan fingerprint density at radius 2 is 2.00 bits per heavy atom. The number of aryl methyl sites for hydroxylation is 1. The van der Waals surface area contributed by atoms with Crippen molar-refractivity contribution >= 4 is 0 Å². The molecule has 0 aliphatic rings. The molecule has 0 amide bonds. The molecule has 0 aliphatic heterocycles. The van der Waals surface area contributed by atoms with Crippen molar-refractivity contribution in [3.63, 3.8) is 0 Å². The molecule has 0 radical (unpaired) electrons. The van der Waals surface area contributed by atoms with Gasteiger partial charge in [-0.1, -0.05) is 19.9 Å². The molecular formula is C16H27FN2O. The molecule has 0 heterocycles. The third kappa shape index (κ3) is 5.99. The molecular weight excluding hydrogens is 255 g/mol. The van der Waals surface area contributed by atoms with Gasteiger partial charge < -0.3 is 15.3 Å². The molecule has 0 saturated heterocycles. The third-order valence-electron chi connectivity index (χ3n) is 3.62. The van der Waals surface area contributed by atoms with Crippen LogP contribution in [0.25, 0.3) is 0 Å².